The zero-order valence-electron chi connectivity index (χ0n) is 7.61. The number of alkyl halides is 2. The van der Waals surface area contributed by atoms with Crippen LogP contribution in [-0.2, 0) is 4.79 Å². The molecule has 0 bridgehead atoms. The molecule has 0 atom stereocenters. The zero-order chi connectivity index (χ0) is 9.73. The lowest BCUT2D eigenvalue weighted by atomic mass is 10.1. The van der Waals surface area contributed by atoms with Crippen LogP contribution in [-0.4, -0.2) is 15.7 Å². The number of amides is 1. The van der Waals surface area contributed by atoms with E-state index in [9.17, 15) is 4.79 Å². The van der Waals surface area contributed by atoms with Crippen molar-refractivity contribution in [2.75, 3.05) is 6.54 Å². The molecule has 0 aromatic rings. The van der Waals surface area contributed by atoms with Gasteiger partial charge >= 0.3 is 0 Å². The molecular formula is C9H15Br2NO. The lowest BCUT2D eigenvalue weighted by Gasteiger charge is -2.20. The van der Waals surface area contributed by atoms with Gasteiger partial charge in [-0.3, -0.25) is 4.79 Å². The molecule has 1 rings (SSSR count). The van der Waals surface area contributed by atoms with E-state index < -0.39 is 3.23 Å². The van der Waals surface area contributed by atoms with Crippen LogP contribution < -0.4 is 5.32 Å². The molecule has 4 heteroatoms. The summed E-state index contributed by atoms with van der Waals surface area (Å²) in [6.07, 6.45) is 6.81. The van der Waals surface area contributed by atoms with Crippen molar-refractivity contribution >= 4 is 37.8 Å². The molecule has 0 aliphatic carbocycles. The van der Waals surface area contributed by atoms with Gasteiger partial charge in [0.05, 0.1) is 0 Å². The van der Waals surface area contributed by atoms with Crippen molar-refractivity contribution < 1.29 is 4.79 Å². The van der Waals surface area contributed by atoms with E-state index in [4.69, 9.17) is 0 Å². The van der Waals surface area contributed by atoms with E-state index in [2.05, 4.69) is 37.2 Å². The van der Waals surface area contributed by atoms with Gasteiger partial charge in [0.2, 0.25) is 5.91 Å². The Labute approximate surface area is 96.1 Å². The lowest BCUT2D eigenvalue weighted by Crippen LogP contribution is -2.38. The fraction of sp³-hybridized carbons (Fsp3) is 0.889. The Morgan fingerprint density at radius 3 is 2.46 bits per heavy atom. The smallest absolute Gasteiger partial charge is 0.247 e. The summed E-state index contributed by atoms with van der Waals surface area (Å²) in [6.45, 7) is 0.803. The van der Waals surface area contributed by atoms with Crippen LogP contribution in [0.4, 0.5) is 0 Å². The summed E-state index contributed by atoms with van der Waals surface area (Å²) in [5.74, 6) is 0.0643. The van der Waals surface area contributed by atoms with Crippen LogP contribution >= 0.6 is 31.9 Å². The van der Waals surface area contributed by atoms with Crippen molar-refractivity contribution in [2.45, 2.75) is 41.8 Å². The molecule has 1 aliphatic heterocycles. The minimum Gasteiger partial charge on any atom is -0.354 e. The summed E-state index contributed by atoms with van der Waals surface area (Å²) < 4.78 is -0.530. The summed E-state index contributed by atoms with van der Waals surface area (Å²) in [4.78, 5) is 11.5. The Kier molecular flexibility index (Phi) is 4.73. The minimum absolute atomic E-state index is 0.0643. The molecule has 0 aromatic heterocycles. The average Bonchev–Trinajstić information content (AvgIpc) is 2.08. The summed E-state index contributed by atoms with van der Waals surface area (Å²) in [6, 6.07) is 0. The van der Waals surface area contributed by atoms with E-state index in [1.165, 1.54) is 19.3 Å². The maximum atomic E-state index is 11.5. The molecule has 0 aromatic carbocycles. The first-order chi connectivity index (χ1) is 6.13. The zero-order valence-corrected chi connectivity index (χ0v) is 10.8. The Morgan fingerprint density at radius 1 is 1.08 bits per heavy atom. The highest BCUT2D eigenvalue weighted by molar-refractivity contribution is 9.25. The topological polar surface area (TPSA) is 29.1 Å². The lowest BCUT2D eigenvalue weighted by molar-refractivity contribution is -0.121. The molecule has 76 valence electrons. The standard InChI is InChI=1S/C9H15Br2NO/c10-9(11)6-4-2-1-3-5-7-12-8(9)13/h1-7H2,(H,12,13). The van der Waals surface area contributed by atoms with Gasteiger partial charge in [0.1, 0.15) is 0 Å². The van der Waals surface area contributed by atoms with Crippen molar-refractivity contribution in [3.63, 3.8) is 0 Å². The summed E-state index contributed by atoms with van der Waals surface area (Å²) in [7, 11) is 0. The second-order valence-electron chi connectivity index (χ2n) is 3.48. The predicted octanol–water partition coefficient (Wildman–Crippen LogP) is 2.94. The molecule has 1 amide bonds. The van der Waals surface area contributed by atoms with Crippen molar-refractivity contribution in [1.82, 2.24) is 5.32 Å². The van der Waals surface area contributed by atoms with E-state index in [0.717, 1.165) is 25.8 Å². The third-order valence-corrected chi connectivity index (χ3v) is 3.80. The Bertz CT molecular complexity index is 182. The number of hydrogen-bond acceptors (Lipinski definition) is 1. The highest BCUT2D eigenvalue weighted by Gasteiger charge is 2.31. The number of nitrogens with one attached hydrogen (secondary N) is 1. The largest absolute Gasteiger partial charge is 0.354 e. The van der Waals surface area contributed by atoms with Gasteiger partial charge in [-0.05, 0) is 12.8 Å². The SMILES string of the molecule is O=C1NCCCCCCCC1(Br)Br. The van der Waals surface area contributed by atoms with Crippen LogP contribution in [0.15, 0.2) is 0 Å². The molecule has 0 spiro atoms. The number of hydrogen-bond donors (Lipinski definition) is 1. The van der Waals surface area contributed by atoms with Gasteiger partial charge < -0.3 is 5.32 Å². The fourth-order valence-electron chi connectivity index (χ4n) is 1.45. The monoisotopic (exact) mass is 311 g/mol. The Morgan fingerprint density at radius 2 is 1.69 bits per heavy atom. The van der Waals surface area contributed by atoms with Crippen LogP contribution in [0.1, 0.15) is 38.5 Å². The summed E-state index contributed by atoms with van der Waals surface area (Å²) in [5, 5.41) is 2.91. The van der Waals surface area contributed by atoms with Crippen molar-refractivity contribution in [1.29, 1.82) is 0 Å². The molecule has 1 aliphatic rings. The van der Waals surface area contributed by atoms with Gasteiger partial charge in [-0.1, -0.05) is 57.5 Å². The van der Waals surface area contributed by atoms with Gasteiger partial charge in [0, 0.05) is 6.54 Å². The normalized spacial score (nSPS) is 24.9. The molecular weight excluding hydrogens is 298 g/mol. The van der Waals surface area contributed by atoms with Crippen LogP contribution in [0.3, 0.4) is 0 Å². The molecule has 1 fully saturated rings. The molecule has 13 heavy (non-hydrogen) atoms. The third-order valence-electron chi connectivity index (χ3n) is 2.29. The van der Waals surface area contributed by atoms with E-state index in [1.807, 2.05) is 0 Å². The van der Waals surface area contributed by atoms with Gasteiger partial charge in [0.15, 0.2) is 3.23 Å². The highest BCUT2D eigenvalue weighted by atomic mass is 79.9. The number of carbonyl (C=O) groups is 1. The van der Waals surface area contributed by atoms with Gasteiger partial charge in [-0.25, -0.2) is 0 Å². The highest BCUT2D eigenvalue weighted by Crippen LogP contribution is 2.33. The molecule has 1 saturated heterocycles. The first-order valence-corrected chi connectivity index (χ1v) is 6.38. The van der Waals surface area contributed by atoms with E-state index in [1.54, 1.807) is 0 Å². The predicted molar refractivity (Wildman–Crippen MR) is 61.3 cm³/mol. The van der Waals surface area contributed by atoms with E-state index >= 15 is 0 Å². The van der Waals surface area contributed by atoms with Gasteiger partial charge in [0.25, 0.3) is 0 Å². The summed E-state index contributed by atoms with van der Waals surface area (Å²) in [5.41, 5.74) is 0. The second kappa shape index (κ2) is 5.35. The molecule has 1 heterocycles. The van der Waals surface area contributed by atoms with Crippen LogP contribution in [0.5, 0.6) is 0 Å². The van der Waals surface area contributed by atoms with Crippen molar-refractivity contribution in [2.24, 2.45) is 0 Å². The number of halogens is 2. The van der Waals surface area contributed by atoms with Crippen molar-refractivity contribution in [3.05, 3.63) is 0 Å². The molecule has 0 radical (unpaired) electrons. The van der Waals surface area contributed by atoms with Crippen LogP contribution in [0, 0.1) is 0 Å². The molecule has 0 unspecified atom stereocenters. The van der Waals surface area contributed by atoms with Crippen molar-refractivity contribution in [3.8, 4) is 0 Å². The van der Waals surface area contributed by atoms with Gasteiger partial charge in [-0.2, -0.15) is 0 Å². The summed E-state index contributed by atoms with van der Waals surface area (Å²) >= 11 is 6.81. The van der Waals surface area contributed by atoms with Crippen LogP contribution in [0.2, 0.25) is 0 Å². The van der Waals surface area contributed by atoms with Crippen LogP contribution in [0.25, 0.3) is 0 Å². The van der Waals surface area contributed by atoms with E-state index in [-0.39, 0.29) is 5.91 Å². The number of rotatable bonds is 0. The molecule has 1 N–H and O–H groups in total. The molecule has 2 nitrogen and oxygen atoms in total. The van der Waals surface area contributed by atoms with E-state index in [0.29, 0.717) is 0 Å². The first kappa shape index (κ1) is 11.5. The maximum Gasteiger partial charge on any atom is 0.247 e. The first-order valence-electron chi connectivity index (χ1n) is 4.79. The quantitative estimate of drug-likeness (QED) is 0.685. The Hall–Kier alpha value is 0.430. The fourth-order valence-corrected chi connectivity index (χ4v) is 2.29. The third kappa shape index (κ3) is 3.98. The average molecular weight is 313 g/mol. The number of carbonyl (C=O) groups excluding carboxylic acids is 1. The maximum absolute atomic E-state index is 11.5. The minimum atomic E-state index is -0.530. The Balaban J connectivity index is 2.47. The second-order valence-corrected chi connectivity index (χ2v) is 7.25. The molecule has 0 saturated carbocycles. The van der Waals surface area contributed by atoms with Gasteiger partial charge in [-0.15, -0.1) is 0 Å².